The average Bonchev–Trinajstić information content (AvgIpc) is 3.15. The van der Waals surface area contributed by atoms with Gasteiger partial charge in [-0.05, 0) is 69.9 Å². The molecule has 1 atom stereocenters. The molecule has 10 radical (unpaired) electrons. The van der Waals surface area contributed by atoms with Crippen LogP contribution in [0.4, 0.5) is 0 Å². The van der Waals surface area contributed by atoms with Crippen molar-refractivity contribution >= 4 is 9.73 Å². The fourth-order valence-corrected chi connectivity index (χ4v) is 2.96. The van der Waals surface area contributed by atoms with Gasteiger partial charge in [0, 0.05) is 11.2 Å². The normalized spacial score (nSPS) is 20.8. The summed E-state index contributed by atoms with van der Waals surface area (Å²) in [6.07, 6.45) is 19.1. The van der Waals surface area contributed by atoms with Crippen LogP contribution in [0.25, 0.3) is 0 Å². The van der Waals surface area contributed by atoms with Crippen molar-refractivity contribution in [3.05, 3.63) is 94.2 Å². The molecule has 1 unspecified atom stereocenters. The molecule has 108 valence electrons. The summed E-state index contributed by atoms with van der Waals surface area (Å²) in [5, 5.41) is 0. The Hall–Kier alpha value is -0.311. The molecule has 0 bridgehead atoms. The average molecular weight is 339 g/mol. The number of hydrogen-bond acceptors (Lipinski definition) is 2. The third kappa shape index (κ3) is 6.54. The molecule has 0 saturated heterocycles. The van der Waals surface area contributed by atoms with Crippen molar-refractivity contribution in [1.82, 2.24) is 0 Å². The second kappa shape index (κ2) is 9.65. The van der Waals surface area contributed by atoms with Crippen molar-refractivity contribution in [3.8, 4) is 0 Å². The third-order valence-corrected chi connectivity index (χ3v) is 4.37. The Morgan fingerprint density at radius 3 is 1.76 bits per heavy atom. The standard InChI is InChI=1S/C12H12NOS.C5H5.Fe/c1-15(14,12-9-3-2-4-10-12)13-11-7-5-6-8-11;1-2-4-5-3-1;/h2-10H,1H3;1-5H;/q;;+2. The molecule has 2 aliphatic carbocycles. The summed E-state index contributed by atoms with van der Waals surface area (Å²) in [6.45, 7) is 0. The topological polar surface area (TPSA) is 29.4 Å². The monoisotopic (exact) mass is 339 g/mol. The Morgan fingerprint density at radius 1 is 0.810 bits per heavy atom. The van der Waals surface area contributed by atoms with Crippen LogP contribution < -0.4 is 0 Å². The van der Waals surface area contributed by atoms with Crippen LogP contribution in [0, 0.1) is 63.8 Å². The van der Waals surface area contributed by atoms with E-state index in [4.69, 9.17) is 0 Å². The van der Waals surface area contributed by atoms with Gasteiger partial charge in [0.25, 0.3) is 0 Å². The summed E-state index contributed by atoms with van der Waals surface area (Å²) >= 11 is 0. The van der Waals surface area contributed by atoms with Crippen LogP contribution in [0.15, 0.2) is 39.6 Å². The van der Waals surface area contributed by atoms with Gasteiger partial charge in [0.2, 0.25) is 0 Å². The molecule has 1 aromatic rings. The van der Waals surface area contributed by atoms with E-state index in [9.17, 15) is 4.21 Å². The van der Waals surface area contributed by atoms with E-state index >= 15 is 0 Å². The SMILES string of the molecule is CS(=O)(=N[C]1[CH][CH][CH][CH]1)c1ccccc1.[CH]1[CH][CH][CH][CH]1.[Fe+2]. The quantitative estimate of drug-likeness (QED) is 0.758. The van der Waals surface area contributed by atoms with Crippen molar-refractivity contribution < 1.29 is 21.3 Å². The Morgan fingerprint density at radius 2 is 1.29 bits per heavy atom. The van der Waals surface area contributed by atoms with E-state index < -0.39 is 9.73 Å². The van der Waals surface area contributed by atoms with Crippen molar-refractivity contribution in [2.75, 3.05) is 6.26 Å². The van der Waals surface area contributed by atoms with E-state index in [0.29, 0.717) is 0 Å². The molecular weight excluding hydrogens is 322 g/mol. The molecule has 0 spiro atoms. The Balaban J connectivity index is 0.000000313. The van der Waals surface area contributed by atoms with Crippen LogP contribution in [-0.4, -0.2) is 10.5 Å². The zero-order chi connectivity index (χ0) is 14.3. The van der Waals surface area contributed by atoms with Crippen LogP contribution >= 0.6 is 0 Å². The summed E-state index contributed by atoms with van der Waals surface area (Å²) in [5.41, 5.74) is 0. The summed E-state index contributed by atoms with van der Waals surface area (Å²) in [4.78, 5) is 0.770. The summed E-state index contributed by atoms with van der Waals surface area (Å²) < 4.78 is 16.5. The van der Waals surface area contributed by atoms with Crippen LogP contribution in [0.5, 0.6) is 0 Å². The molecule has 0 aromatic heterocycles. The minimum atomic E-state index is -2.31. The van der Waals surface area contributed by atoms with E-state index in [0.717, 1.165) is 10.9 Å². The maximum atomic E-state index is 12.3. The molecule has 3 rings (SSSR count). The Bertz CT molecular complexity index is 491. The molecule has 0 heterocycles. The van der Waals surface area contributed by atoms with Gasteiger partial charge in [0.05, 0.1) is 9.73 Å². The Kier molecular flexibility index (Phi) is 8.61. The fourth-order valence-electron chi connectivity index (χ4n) is 1.67. The van der Waals surface area contributed by atoms with Gasteiger partial charge in [-0.2, -0.15) is 0 Å². The number of rotatable bonds is 2. The molecule has 2 aliphatic rings. The molecule has 0 amide bonds. The zero-order valence-corrected chi connectivity index (χ0v) is 13.6. The molecule has 4 heteroatoms. The molecule has 0 N–H and O–H groups in total. The van der Waals surface area contributed by atoms with Gasteiger partial charge in [-0.1, -0.05) is 18.2 Å². The predicted octanol–water partition coefficient (Wildman–Crippen LogP) is 3.53. The van der Waals surface area contributed by atoms with Crippen molar-refractivity contribution in [3.63, 3.8) is 0 Å². The first-order valence-electron chi connectivity index (χ1n) is 6.34. The van der Waals surface area contributed by atoms with Gasteiger partial charge in [-0.3, -0.25) is 0 Å². The van der Waals surface area contributed by atoms with Crippen LogP contribution in [0.3, 0.4) is 0 Å². The van der Waals surface area contributed by atoms with Crippen LogP contribution in [0.1, 0.15) is 0 Å². The Labute approximate surface area is 140 Å². The second-order valence-corrected chi connectivity index (χ2v) is 6.57. The van der Waals surface area contributed by atoms with E-state index in [1.807, 2.05) is 88.1 Å². The summed E-state index contributed by atoms with van der Waals surface area (Å²) in [5.74, 6) is 0. The maximum Gasteiger partial charge on any atom is 2.00 e. The predicted molar refractivity (Wildman–Crippen MR) is 83.1 cm³/mol. The number of benzene rings is 1. The minimum Gasteiger partial charge on any atom is -0.245 e. The molecule has 21 heavy (non-hydrogen) atoms. The number of nitrogens with zero attached hydrogens (tertiary/aromatic N) is 1. The summed E-state index contributed by atoms with van der Waals surface area (Å²) in [7, 11) is -2.31. The maximum absolute atomic E-state index is 12.3. The van der Waals surface area contributed by atoms with Crippen LogP contribution in [0.2, 0.25) is 0 Å². The molecule has 0 aliphatic heterocycles. The zero-order valence-electron chi connectivity index (χ0n) is 11.7. The van der Waals surface area contributed by atoms with Gasteiger partial charge in [0.1, 0.15) is 6.04 Å². The van der Waals surface area contributed by atoms with E-state index in [1.165, 1.54) is 0 Å². The molecule has 1 aromatic carbocycles. The number of hydrogen-bond donors (Lipinski definition) is 0. The van der Waals surface area contributed by atoms with Crippen molar-refractivity contribution in [2.45, 2.75) is 4.90 Å². The first-order valence-corrected chi connectivity index (χ1v) is 8.26. The molecular formula is C17H17FeNOS+2. The molecule has 2 fully saturated rings. The van der Waals surface area contributed by atoms with Crippen LogP contribution in [-0.2, 0) is 26.8 Å². The summed E-state index contributed by atoms with van der Waals surface area (Å²) in [6, 6.07) is 10.1. The van der Waals surface area contributed by atoms with Crippen molar-refractivity contribution in [2.24, 2.45) is 4.36 Å². The molecule has 2 saturated carbocycles. The largest absolute Gasteiger partial charge is 2.00 e. The fraction of sp³-hybridized carbons (Fsp3) is 0.0588. The third-order valence-electron chi connectivity index (χ3n) is 2.66. The van der Waals surface area contributed by atoms with E-state index in [1.54, 1.807) is 6.26 Å². The smallest absolute Gasteiger partial charge is 0.245 e. The van der Waals surface area contributed by atoms with Gasteiger partial charge in [-0.15, -0.1) is 0 Å². The van der Waals surface area contributed by atoms with E-state index in [-0.39, 0.29) is 17.1 Å². The first kappa shape index (κ1) is 18.7. The van der Waals surface area contributed by atoms with E-state index in [2.05, 4.69) is 4.36 Å². The minimum absolute atomic E-state index is 0. The first-order chi connectivity index (χ1) is 9.68. The molecule has 2 nitrogen and oxygen atoms in total. The van der Waals surface area contributed by atoms with Gasteiger partial charge in [0.15, 0.2) is 0 Å². The van der Waals surface area contributed by atoms with Gasteiger partial charge in [-0.25, -0.2) is 8.57 Å². The van der Waals surface area contributed by atoms with Gasteiger partial charge < -0.3 is 0 Å². The second-order valence-electron chi connectivity index (χ2n) is 4.31. The van der Waals surface area contributed by atoms with Gasteiger partial charge >= 0.3 is 17.1 Å². The van der Waals surface area contributed by atoms with Crippen molar-refractivity contribution in [1.29, 1.82) is 0 Å².